The van der Waals surface area contributed by atoms with Gasteiger partial charge in [0, 0.05) is 32.3 Å². The number of nitrogens with zero attached hydrogens (tertiary/aromatic N) is 1. The molecule has 1 aliphatic rings. The van der Waals surface area contributed by atoms with Crippen LogP contribution < -0.4 is 15.4 Å². The van der Waals surface area contributed by atoms with Crippen LogP contribution in [0.25, 0.3) is 0 Å². The fourth-order valence-corrected chi connectivity index (χ4v) is 3.09. The molecule has 1 saturated heterocycles. The molecule has 2 aromatic rings. The highest BCUT2D eigenvalue weighted by molar-refractivity contribution is 14.0. The van der Waals surface area contributed by atoms with Crippen molar-refractivity contribution in [3.63, 3.8) is 0 Å². The number of halogens is 2. The van der Waals surface area contributed by atoms with Gasteiger partial charge < -0.3 is 20.1 Å². The lowest BCUT2D eigenvalue weighted by Gasteiger charge is -2.17. The van der Waals surface area contributed by atoms with E-state index in [0.29, 0.717) is 25.7 Å². The van der Waals surface area contributed by atoms with Gasteiger partial charge in [0.25, 0.3) is 0 Å². The molecule has 2 N–H and O–H groups in total. The minimum absolute atomic E-state index is 0. The van der Waals surface area contributed by atoms with E-state index < -0.39 is 0 Å². The maximum atomic E-state index is 13.0. The predicted molar refractivity (Wildman–Crippen MR) is 125 cm³/mol. The van der Waals surface area contributed by atoms with Crippen LogP contribution >= 0.6 is 24.0 Å². The smallest absolute Gasteiger partial charge is 0.191 e. The summed E-state index contributed by atoms with van der Waals surface area (Å²) in [7, 11) is 1.73. The van der Waals surface area contributed by atoms with Crippen LogP contribution in [-0.4, -0.2) is 32.3 Å². The van der Waals surface area contributed by atoms with Crippen molar-refractivity contribution < 1.29 is 13.9 Å². The third kappa shape index (κ3) is 7.47. The van der Waals surface area contributed by atoms with Gasteiger partial charge in [-0.2, -0.15) is 0 Å². The normalized spacial score (nSPS) is 16.2. The number of benzene rings is 2. The lowest BCUT2D eigenvalue weighted by atomic mass is 10.1. The van der Waals surface area contributed by atoms with E-state index in [1.165, 1.54) is 12.1 Å². The Balaban J connectivity index is 0.00000300. The summed E-state index contributed by atoms with van der Waals surface area (Å²) in [5.41, 5.74) is 3.21. The third-order valence-electron chi connectivity index (χ3n) is 4.71. The second-order valence-corrected chi connectivity index (χ2v) is 6.96. The highest BCUT2D eigenvalue weighted by Gasteiger charge is 2.17. The van der Waals surface area contributed by atoms with Crippen molar-refractivity contribution in [2.45, 2.75) is 39.0 Å². The molecule has 1 heterocycles. The van der Waals surface area contributed by atoms with Gasteiger partial charge in [-0.05, 0) is 49.1 Å². The first-order chi connectivity index (χ1) is 13.6. The molecule has 29 heavy (non-hydrogen) atoms. The zero-order valence-corrected chi connectivity index (χ0v) is 19.2. The molecule has 5 nitrogen and oxygen atoms in total. The molecular formula is C22H29FIN3O2. The van der Waals surface area contributed by atoms with Gasteiger partial charge in [0.15, 0.2) is 5.96 Å². The third-order valence-corrected chi connectivity index (χ3v) is 4.71. The summed E-state index contributed by atoms with van der Waals surface area (Å²) in [5.74, 6) is 1.31. The summed E-state index contributed by atoms with van der Waals surface area (Å²) in [6.45, 7) is 4.61. The van der Waals surface area contributed by atoms with Crippen molar-refractivity contribution >= 4 is 29.9 Å². The van der Waals surface area contributed by atoms with E-state index in [9.17, 15) is 4.39 Å². The first-order valence-corrected chi connectivity index (χ1v) is 9.67. The zero-order chi connectivity index (χ0) is 19.8. The molecule has 0 bridgehead atoms. The Morgan fingerprint density at radius 3 is 2.62 bits per heavy atom. The standard InChI is InChI=1S/C22H28FN3O2.HI/c1-16-5-8-18(21(12-16)28-15-20-4-3-11-27-20)14-26-22(24-2)25-13-17-6-9-19(23)10-7-17;/h5-10,12,20H,3-4,11,13-15H2,1-2H3,(H2,24,25,26);1H. The van der Waals surface area contributed by atoms with Crippen LogP contribution in [0.5, 0.6) is 5.75 Å². The van der Waals surface area contributed by atoms with Gasteiger partial charge in [0.2, 0.25) is 0 Å². The van der Waals surface area contributed by atoms with Crippen LogP contribution in [0.1, 0.15) is 29.5 Å². The van der Waals surface area contributed by atoms with Crippen molar-refractivity contribution in [3.8, 4) is 5.75 Å². The van der Waals surface area contributed by atoms with Gasteiger partial charge in [-0.1, -0.05) is 24.3 Å². The van der Waals surface area contributed by atoms with Gasteiger partial charge in [0.05, 0.1) is 6.10 Å². The van der Waals surface area contributed by atoms with Crippen LogP contribution in [0.2, 0.25) is 0 Å². The highest BCUT2D eigenvalue weighted by atomic mass is 127. The number of ether oxygens (including phenoxy) is 2. The van der Waals surface area contributed by atoms with Crippen molar-refractivity contribution in [1.29, 1.82) is 0 Å². The molecule has 2 aromatic carbocycles. The molecule has 3 rings (SSSR count). The summed E-state index contributed by atoms with van der Waals surface area (Å²) >= 11 is 0. The van der Waals surface area contributed by atoms with E-state index in [2.05, 4.69) is 40.7 Å². The average Bonchev–Trinajstić information content (AvgIpc) is 3.22. The molecule has 0 radical (unpaired) electrons. The monoisotopic (exact) mass is 513 g/mol. The van der Waals surface area contributed by atoms with Crippen molar-refractivity contribution in [3.05, 3.63) is 65.0 Å². The second-order valence-electron chi connectivity index (χ2n) is 6.96. The summed E-state index contributed by atoms with van der Waals surface area (Å²) in [4.78, 5) is 4.25. The Labute approximate surface area is 189 Å². The zero-order valence-electron chi connectivity index (χ0n) is 16.9. The maximum absolute atomic E-state index is 13.0. The molecule has 0 spiro atoms. The number of rotatable bonds is 7. The van der Waals surface area contributed by atoms with E-state index in [-0.39, 0.29) is 35.9 Å². The second kappa shape index (κ2) is 12.0. The van der Waals surface area contributed by atoms with Gasteiger partial charge >= 0.3 is 0 Å². The van der Waals surface area contributed by atoms with E-state index in [1.54, 1.807) is 19.2 Å². The lowest BCUT2D eigenvalue weighted by molar-refractivity contribution is 0.0676. The van der Waals surface area contributed by atoms with Gasteiger partial charge in [-0.3, -0.25) is 4.99 Å². The molecule has 0 amide bonds. The van der Waals surface area contributed by atoms with E-state index in [4.69, 9.17) is 9.47 Å². The Kier molecular flexibility index (Phi) is 9.66. The summed E-state index contributed by atoms with van der Waals surface area (Å²) in [5, 5.41) is 6.55. The number of nitrogens with one attached hydrogen (secondary N) is 2. The van der Waals surface area contributed by atoms with E-state index in [1.807, 2.05) is 0 Å². The largest absolute Gasteiger partial charge is 0.491 e. The molecule has 0 aliphatic carbocycles. The van der Waals surface area contributed by atoms with Crippen LogP contribution in [0.15, 0.2) is 47.5 Å². The highest BCUT2D eigenvalue weighted by Crippen LogP contribution is 2.22. The SMILES string of the molecule is CN=C(NCc1ccc(F)cc1)NCc1ccc(C)cc1OCC1CCCO1.I. The lowest BCUT2D eigenvalue weighted by Crippen LogP contribution is -2.36. The predicted octanol–water partition coefficient (Wildman–Crippen LogP) is 4.18. The Morgan fingerprint density at radius 2 is 1.93 bits per heavy atom. The van der Waals surface area contributed by atoms with Crippen LogP contribution in [0, 0.1) is 12.7 Å². The van der Waals surface area contributed by atoms with Crippen molar-refractivity contribution in [2.24, 2.45) is 4.99 Å². The summed E-state index contributed by atoms with van der Waals surface area (Å²) < 4.78 is 24.7. The maximum Gasteiger partial charge on any atom is 0.191 e. The number of hydrogen-bond donors (Lipinski definition) is 2. The molecule has 1 aliphatic heterocycles. The van der Waals surface area contributed by atoms with Crippen molar-refractivity contribution in [1.82, 2.24) is 10.6 Å². The van der Waals surface area contributed by atoms with E-state index >= 15 is 0 Å². The quantitative estimate of drug-likeness (QED) is 0.332. The fraction of sp³-hybridized carbons (Fsp3) is 0.409. The first kappa shape index (κ1) is 23.4. The Bertz CT molecular complexity index is 793. The molecule has 158 valence electrons. The molecule has 1 unspecified atom stereocenters. The topological polar surface area (TPSA) is 54.9 Å². The van der Waals surface area contributed by atoms with Crippen molar-refractivity contribution in [2.75, 3.05) is 20.3 Å². The van der Waals surface area contributed by atoms with Gasteiger partial charge in [-0.15, -0.1) is 24.0 Å². The average molecular weight is 513 g/mol. The molecule has 1 atom stereocenters. The summed E-state index contributed by atoms with van der Waals surface area (Å²) in [6.07, 6.45) is 2.34. The molecular weight excluding hydrogens is 484 g/mol. The van der Waals surface area contributed by atoms with Crippen LogP contribution in [0.3, 0.4) is 0 Å². The van der Waals surface area contributed by atoms with E-state index in [0.717, 1.165) is 41.9 Å². The molecule has 0 saturated carbocycles. The number of aryl methyl sites for hydroxylation is 1. The summed E-state index contributed by atoms with van der Waals surface area (Å²) in [6, 6.07) is 12.6. The Morgan fingerprint density at radius 1 is 1.17 bits per heavy atom. The van der Waals surface area contributed by atoms with Gasteiger partial charge in [-0.25, -0.2) is 4.39 Å². The van der Waals surface area contributed by atoms with Gasteiger partial charge in [0.1, 0.15) is 18.2 Å². The molecule has 7 heteroatoms. The van der Waals surface area contributed by atoms with Crippen LogP contribution in [0.4, 0.5) is 4.39 Å². The van der Waals surface area contributed by atoms with Crippen LogP contribution in [-0.2, 0) is 17.8 Å². The molecule has 1 fully saturated rings. The molecule has 0 aromatic heterocycles. The minimum Gasteiger partial charge on any atom is -0.491 e. The minimum atomic E-state index is -0.235. The number of aliphatic imine (C=N–C) groups is 1. The number of guanidine groups is 1. The fourth-order valence-electron chi connectivity index (χ4n) is 3.09. The first-order valence-electron chi connectivity index (χ1n) is 9.67. The Hall–Kier alpha value is -1.87. The number of hydrogen-bond acceptors (Lipinski definition) is 3.